The average molecular weight is 417 g/mol. The van der Waals surface area contributed by atoms with Crippen molar-refractivity contribution in [2.24, 2.45) is 5.92 Å². The number of rotatable bonds is 6. The number of methoxy groups -OCH3 is 1. The Labute approximate surface area is 190 Å². The van der Waals surface area contributed by atoms with Crippen LogP contribution in [0.15, 0.2) is 54.6 Å². The van der Waals surface area contributed by atoms with E-state index in [0.29, 0.717) is 0 Å². The first-order chi connectivity index (χ1) is 15.1. The number of allylic oxidation sites excluding steroid dienone is 2. The average Bonchev–Trinajstić information content (AvgIpc) is 3.24. The second-order valence-corrected chi connectivity index (χ2v) is 9.09. The van der Waals surface area contributed by atoms with Crippen LogP contribution in [0.25, 0.3) is 17.2 Å². The maximum absolute atomic E-state index is 5.85. The Hall–Kier alpha value is -2.28. The van der Waals surface area contributed by atoms with E-state index < -0.39 is 0 Å². The van der Waals surface area contributed by atoms with E-state index >= 15 is 0 Å². The Kier molecular flexibility index (Phi) is 7.81. The van der Waals surface area contributed by atoms with Gasteiger partial charge in [-0.15, -0.1) is 6.58 Å². The monoisotopic (exact) mass is 416 g/mol. The fourth-order valence-corrected chi connectivity index (χ4v) is 5.54. The number of fused-ring (bicyclic) bond motifs is 1. The van der Waals surface area contributed by atoms with E-state index in [-0.39, 0.29) is 5.41 Å². The lowest BCUT2D eigenvalue weighted by atomic mass is 9.74. The number of hydrogen-bond donors (Lipinski definition) is 0. The summed E-state index contributed by atoms with van der Waals surface area (Å²) in [7, 11) is 1.81. The predicted octanol–water partition coefficient (Wildman–Crippen LogP) is 8.76. The first-order valence-electron chi connectivity index (χ1n) is 12.2. The molecule has 0 N–H and O–H groups in total. The second kappa shape index (κ2) is 10.4. The van der Waals surface area contributed by atoms with Gasteiger partial charge in [0.05, 0.1) is 7.11 Å². The molecule has 2 aromatic carbocycles. The Morgan fingerprint density at radius 2 is 1.84 bits per heavy atom. The van der Waals surface area contributed by atoms with Gasteiger partial charge in [0.25, 0.3) is 0 Å². The van der Waals surface area contributed by atoms with E-state index in [1.165, 1.54) is 59.1 Å². The lowest BCUT2D eigenvalue weighted by Crippen LogP contribution is -2.22. The van der Waals surface area contributed by atoms with Crippen LogP contribution in [-0.2, 0) is 11.8 Å². The molecule has 4 rings (SSSR count). The molecule has 31 heavy (non-hydrogen) atoms. The smallest absolute Gasteiger partial charge is 0.122 e. The summed E-state index contributed by atoms with van der Waals surface area (Å²) < 4.78 is 5.85. The van der Waals surface area contributed by atoms with Gasteiger partial charge in [-0.05, 0) is 97.6 Å². The van der Waals surface area contributed by atoms with Crippen molar-refractivity contribution in [3.05, 3.63) is 71.3 Å². The molecule has 0 radical (unpaired) electrons. The zero-order valence-electron chi connectivity index (χ0n) is 20.3. The molecule has 0 aliphatic heterocycles. The minimum Gasteiger partial charge on any atom is -0.496 e. The number of hydrogen-bond acceptors (Lipinski definition) is 1. The molecule has 0 saturated heterocycles. The van der Waals surface area contributed by atoms with Gasteiger partial charge >= 0.3 is 0 Å². The van der Waals surface area contributed by atoms with Crippen LogP contribution in [0, 0.1) is 5.92 Å². The second-order valence-electron chi connectivity index (χ2n) is 9.09. The highest BCUT2D eigenvalue weighted by molar-refractivity contribution is 5.71. The maximum Gasteiger partial charge on any atom is 0.122 e. The van der Waals surface area contributed by atoms with Crippen LogP contribution in [0.2, 0.25) is 0 Å². The maximum atomic E-state index is 5.85. The van der Waals surface area contributed by atoms with Crippen molar-refractivity contribution < 1.29 is 4.74 Å². The van der Waals surface area contributed by atoms with Gasteiger partial charge in [0.15, 0.2) is 0 Å². The van der Waals surface area contributed by atoms with Crippen molar-refractivity contribution in [1.29, 1.82) is 0 Å². The van der Waals surface area contributed by atoms with Crippen LogP contribution in [0.1, 0.15) is 82.9 Å². The molecule has 1 heteroatoms. The van der Waals surface area contributed by atoms with Crippen molar-refractivity contribution in [2.75, 3.05) is 7.11 Å². The quantitative estimate of drug-likeness (QED) is 0.428. The Morgan fingerprint density at radius 3 is 2.55 bits per heavy atom. The summed E-state index contributed by atoms with van der Waals surface area (Å²) in [6.45, 7) is 12.5. The van der Waals surface area contributed by atoms with Crippen LogP contribution in [0.5, 0.6) is 5.75 Å². The van der Waals surface area contributed by atoms with Gasteiger partial charge in [-0.1, -0.05) is 62.8 Å². The van der Waals surface area contributed by atoms with E-state index in [1.54, 1.807) is 0 Å². The molecular formula is C30H40O. The van der Waals surface area contributed by atoms with Crippen LogP contribution in [0.4, 0.5) is 0 Å². The van der Waals surface area contributed by atoms with Gasteiger partial charge in [-0.25, -0.2) is 0 Å². The first kappa shape index (κ1) is 23.4. The predicted molar refractivity (Wildman–Crippen MR) is 136 cm³/mol. The third-order valence-corrected chi connectivity index (χ3v) is 7.33. The molecule has 2 unspecified atom stereocenters. The van der Waals surface area contributed by atoms with Crippen LogP contribution < -0.4 is 4.74 Å². The molecule has 0 aromatic heterocycles. The molecule has 2 aromatic rings. The minimum absolute atomic E-state index is 0.225. The highest BCUT2D eigenvalue weighted by atomic mass is 16.5. The summed E-state index contributed by atoms with van der Waals surface area (Å²) in [5.41, 5.74) is 8.62. The molecule has 2 aliphatic carbocycles. The lowest BCUT2D eigenvalue weighted by Gasteiger charge is -2.31. The molecule has 1 saturated carbocycles. The Bertz CT molecular complexity index is 935. The SMILES string of the molecule is C=CCC1CCC(CC)(c2cc(-c3ccc4c(c3)CCC(C)=C4)ccc2OC)C1.CC. The van der Waals surface area contributed by atoms with Gasteiger partial charge in [0.2, 0.25) is 0 Å². The van der Waals surface area contributed by atoms with Crippen molar-refractivity contribution in [3.8, 4) is 16.9 Å². The van der Waals surface area contributed by atoms with Crippen LogP contribution in [-0.4, -0.2) is 7.11 Å². The van der Waals surface area contributed by atoms with Crippen molar-refractivity contribution in [3.63, 3.8) is 0 Å². The highest BCUT2D eigenvalue weighted by Crippen LogP contribution is 2.51. The summed E-state index contributed by atoms with van der Waals surface area (Å²) in [6.07, 6.45) is 12.8. The zero-order valence-corrected chi connectivity index (χ0v) is 20.3. The molecule has 0 bridgehead atoms. The topological polar surface area (TPSA) is 9.23 Å². The molecule has 0 heterocycles. The third kappa shape index (κ3) is 4.81. The molecule has 2 aliphatic rings. The lowest BCUT2D eigenvalue weighted by molar-refractivity contribution is 0.359. The van der Waals surface area contributed by atoms with Crippen LogP contribution in [0.3, 0.4) is 0 Å². The molecule has 1 nitrogen and oxygen atoms in total. The molecule has 0 amide bonds. The van der Waals surface area contributed by atoms with Crippen molar-refractivity contribution in [1.82, 2.24) is 0 Å². The summed E-state index contributed by atoms with van der Waals surface area (Å²) in [5, 5.41) is 0. The zero-order chi connectivity index (χ0) is 22.4. The summed E-state index contributed by atoms with van der Waals surface area (Å²) in [5.74, 6) is 1.80. The molecule has 2 atom stereocenters. The van der Waals surface area contributed by atoms with E-state index in [1.807, 2.05) is 21.0 Å². The van der Waals surface area contributed by atoms with E-state index in [4.69, 9.17) is 4.74 Å². The number of aryl methyl sites for hydroxylation is 1. The Balaban J connectivity index is 0.00000132. The fraction of sp³-hybridized carbons (Fsp3) is 0.467. The van der Waals surface area contributed by atoms with E-state index in [9.17, 15) is 0 Å². The van der Waals surface area contributed by atoms with Gasteiger partial charge in [0.1, 0.15) is 5.75 Å². The van der Waals surface area contributed by atoms with Gasteiger partial charge in [-0.2, -0.15) is 0 Å². The van der Waals surface area contributed by atoms with E-state index in [0.717, 1.165) is 30.9 Å². The fourth-order valence-electron chi connectivity index (χ4n) is 5.54. The molecule has 1 fully saturated rings. The van der Waals surface area contributed by atoms with E-state index in [2.05, 4.69) is 69.0 Å². The summed E-state index contributed by atoms with van der Waals surface area (Å²) in [4.78, 5) is 0. The highest BCUT2D eigenvalue weighted by Gasteiger charge is 2.40. The third-order valence-electron chi connectivity index (χ3n) is 7.33. The molecule has 0 spiro atoms. The van der Waals surface area contributed by atoms with Crippen LogP contribution >= 0.6 is 0 Å². The number of benzene rings is 2. The van der Waals surface area contributed by atoms with Gasteiger partial charge in [0, 0.05) is 5.56 Å². The first-order valence-corrected chi connectivity index (χ1v) is 12.2. The standard InChI is InChI=1S/C28H34O.C2H6/c1-5-7-21-14-15-28(6-2,19-21)26-18-25(12-13-27(26)29-4)24-11-10-22-16-20(3)8-9-23(22)17-24;1-2/h5,10-13,16-18,21H,1,6-9,14-15,19H2,2-4H3;1-2H3. The number of ether oxygens (including phenoxy) is 1. The largest absolute Gasteiger partial charge is 0.496 e. The van der Waals surface area contributed by atoms with Gasteiger partial charge < -0.3 is 4.74 Å². The summed E-state index contributed by atoms with van der Waals surface area (Å²) >= 11 is 0. The minimum atomic E-state index is 0.225. The van der Waals surface area contributed by atoms with Crippen molar-refractivity contribution in [2.45, 2.75) is 78.1 Å². The molecule has 166 valence electrons. The summed E-state index contributed by atoms with van der Waals surface area (Å²) in [6, 6.07) is 13.8. The molecular weight excluding hydrogens is 376 g/mol. The Morgan fingerprint density at radius 1 is 1.10 bits per heavy atom. The van der Waals surface area contributed by atoms with Gasteiger partial charge in [-0.3, -0.25) is 0 Å². The van der Waals surface area contributed by atoms with Crippen molar-refractivity contribution >= 4 is 6.08 Å². The normalized spacial score (nSPS) is 22.1.